The number of ketones is 1. The fourth-order valence-corrected chi connectivity index (χ4v) is 6.29. The predicted octanol–water partition coefficient (Wildman–Crippen LogP) is 3.17. The maximum Gasteiger partial charge on any atom is 0.213 e. The minimum atomic E-state index is -3.60. The van der Waals surface area contributed by atoms with Gasteiger partial charge >= 0.3 is 0 Å². The molecular formula is C30H38N2O8S. The second-order valence-corrected chi connectivity index (χ2v) is 11.8. The van der Waals surface area contributed by atoms with E-state index >= 15 is 0 Å². The lowest BCUT2D eigenvalue weighted by molar-refractivity contribution is -0.113. The van der Waals surface area contributed by atoms with Crippen molar-refractivity contribution < 1.29 is 36.9 Å². The topological polar surface area (TPSA) is 113 Å². The smallest absolute Gasteiger partial charge is 0.213 e. The summed E-state index contributed by atoms with van der Waals surface area (Å²) in [5.41, 5.74) is 2.48. The van der Waals surface area contributed by atoms with Crippen LogP contribution in [0.3, 0.4) is 0 Å². The molecule has 222 valence electrons. The van der Waals surface area contributed by atoms with Gasteiger partial charge in [-0.2, -0.15) is 0 Å². The van der Waals surface area contributed by atoms with Crippen molar-refractivity contribution in [3.8, 4) is 23.0 Å². The van der Waals surface area contributed by atoms with Gasteiger partial charge < -0.3 is 23.7 Å². The van der Waals surface area contributed by atoms with Gasteiger partial charge in [-0.3, -0.25) is 9.69 Å². The summed E-state index contributed by atoms with van der Waals surface area (Å²) in [7, 11) is 2.61. The third-order valence-corrected chi connectivity index (χ3v) is 8.55. The van der Waals surface area contributed by atoms with Gasteiger partial charge in [-0.25, -0.2) is 13.1 Å². The van der Waals surface area contributed by atoms with Gasteiger partial charge in [0.2, 0.25) is 10.0 Å². The van der Waals surface area contributed by atoms with Crippen molar-refractivity contribution in [1.29, 1.82) is 0 Å². The molecule has 1 aliphatic heterocycles. The van der Waals surface area contributed by atoms with Gasteiger partial charge in [0.25, 0.3) is 0 Å². The number of carbonyl (C=O) groups is 1. The first-order valence-electron chi connectivity index (χ1n) is 13.4. The van der Waals surface area contributed by atoms with Crippen LogP contribution >= 0.6 is 0 Å². The van der Waals surface area contributed by atoms with Crippen LogP contribution in [0.5, 0.6) is 23.0 Å². The van der Waals surface area contributed by atoms with Crippen molar-refractivity contribution in [1.82, 2.24) is 9.62 Å². The largest absolute Gasteiger partial charge is 0.493 e. The third kappa shape index (κ3) is 8.10. The molecule has 1 aliphatic carbocycles. The lowest BCUT2D eigenvalue weighted by Crippen LogP contribution is -2.44. The number of hydrogen-bond donors (Lipinski definition) is 1. The Morgan fingerprint density at radius 2 is 1.32 bits per heavy atom. The number of nitrogens with one attached hydrogen (secondary N) is 1. The van der Waals surface area contributed by atoms with Gasteiger partial charge in [0.1, 0.15) is 0 Å². The second kappa shape index (κ2) is 14.0. The van der Waals surface area contributed by atoms with Crippen LogP contribution in [0, 0.1) is 0 Å². The van der Waals surface area contributed by atoms with E-state index in [1.165, 1.54) is 0 Å². The van der Waals surface area contributed by atoms with Crippen LogP contribution in [-0.2, 0) is 19.6 Å². The van der Waals surface area contributed by atoms with Crippen LogP contribution in [0.4, 0.5) is 0 Å². The molecule has 0 bridgehead atoms. The molecule has 2 aliphatic rings. The summed E-state index contributed by atoms with van der Waals surface area (Å²) in [6, 6.07) is 10.3. The maximum atomic E-state index is 13.7. The van der Waals surface area contributed by atoms with Crippen molar-refractivity contribution in [2.24, 2.45) is 0 Å². The number of methoxy groups -OCH3 is 4. The van der Waals surface area contributed by atoms with E-state index in [0.29, 0.717) is 67.0 Å². The van der Waals surface area contributed by atoms with Gasteiger partial charge in [-0.1, -0.05) is 12.1 Å². The SMILES string of the molecule is COc1ccc(/C=C2\CC(NS(=O)(=O)CCN3CCOCC3)C/C(=C\c3ccc(OC)c(OC)c3)C2=O)cc1OC. The molecule has 2 fully saturated rings. The Morgan fingerprint density at radius 1 is 0.829 bits per heavy atom. The molecular weight excluding hydrogens is 548 g/mol. The first-order valence-corrected chi connectivity index (χ1v) is 15.1. The minimum absolute atomic E-state index is 0.0269. The van der Waals surface area contributed by atoms with Gasteiger partial charge in [0.05, 0.1) is 47.4 Å². The van der Waals surface area contributed by atoms with Crippen molar-refractivity contribution in [2.75, 3.05) is 67.0 Å². The highest BCUT2D eigenvalue weighted by Gasteiger charge is 2.31. The van der Waals surface area contributed by atoms with Gasteiger partial charge in [0, 0.05) is 36.8 Å². The monoisotopic (exact) mass is 586 g/mol. The lowest BCUT2D eigenvalue weighted by Gasteiger charge is -2.28. The van der Waals surface area contributed by atoms with Crippen LogP contribution in [0.2, 0.25) is 0 Å². The first-order chi connectivity index (χ1) is 19.7. The zero-order valence-corrected chi connectivity index (χ0v) is 24.8. The summed E-state index contributed by atoms with van der Waals surface area (Å²) in [6.07, 6.45) is 4.07. The first kappa shape index (κ1) is 30.6. The molecule has 41 heavy (non-hydrogen) atoms. The summed E-state index contributed by atoms with van der Waals surface area (Å²) >= 11 is 0. The minimum Gasteiger partial charge on any atom is -0.493 e. The molecule has 0 radical (unpaired) electrons. The zero-order chi connectivity index (χ0) is 29.4. The Hall–Kier alpha value is -3.38. The van der Waals surface area contributed by atoms with Crippen LogP contribution in [0.15, 0.2) is 47.5 Å². The Morgan fingerprint density at radius 3 is 1.78 bits per heavy atom. The molecule has 0 aromatic heterocycles. The van der Waals surface area contributed by atoms with E-state index in [9.17, 15) is 13.2 Å². The quantitative estimate of drug-likeness (QED) is 0.397. The number of carbonyl (C=O) groups excluding carboxylic acids is 1. The molecule has 1 heterocycles. The number of benzene rings is 2. The number of nitrogens with zero attached hydrogens (tertiary/aromatic N) is 1. The van der Waals surface area contributed by atoms with Gasteiger partial charge in [-0.15, -0.1) is 0 Å². The fourth-order valence-electron chi connectivity index (χ4n) is 5.00. The van der Waals surface area contributed by atoms with E-state index in [2.05, 4.69) is 9.62 Å². The van der Waals surface area contributed by atoms with Crippen molar-refractivity contribution >= 4 is 28.0 Å². The third-order valence-electron chi connectivity index (χ3n) is 7.14. The van der Waals surface area contributed by atoms with Crippen molar-refractivity contribution in [2.45, 2.75) is 18.9 Å². The van der Waals surface area contributed by atoms with Crippen LogP contribution in [0.1, 0.15) is 24.0 Å². The Balaban J connectivity index is 1.63. The number of sulfonamides is 1. The molecule has 0 amide bonds. The second-order valence-electron chi connectivity index (χ2n) is 9.89. The number of ether oxygens (including phenoxy) is 5. The summed E-state index contributed by atoms with van der Waals surface area (Å²) in [5, 5.41) is 0. The molecule has 2 aromatic carbocycles. The predicted molar refractivity (Wildman–Crippen MR) is 157 cm³/mol. The average Bonchev–Trinajstić information content (AvgIpc) is 2.98. The fraction of sp³-hybridized carbons (Fsp3) is 0.433. The zero-order valence-electron chi connectivity index (χ0n) is 24.0. The van der Waals surface area contributed by atoms with Crippen LogP contribution < -0.4 is 23.7 Å². The standard InChI is InChI=1S/C30H38N2O8S/c1-36-26-7-5-21(17-28(26)38-3)15-23-19-25(31-41(34,35)14-11-32-9-12-40-13-10-32)20-24(30(23)33)16-22-6-8-27(37-2)29(18-22)39-4/h5-8,15-18,25,31H,9-14,19-20H2,1-4H3/b23-15+,24-16+. The normalized spacial score (nSPS) is 20.3. The van der Waals surface area contributed by atoms with E-state index in [0.717, 1.165) is 11.1 Å². The van der Waals surface area contributed by atoms with Gasteiger partial charge in [0.15, 0.2) is 28.8 Å². The van der Waals surface area contributed by atoms with E-state index in [1.807, 2.05) is 12.1 Å². The number of Topliss-reactive ketones (excluding diaryl/α,β-unsaturated/α-hetero) is 1. The summed E-state index contributed by atoms with van der Waals surface area (Å²) < 4.78 is 55.9. The molecule has 11 heteroatoms. The number of rotatable bonds is 11. The van der Waals surface area contributed by atoms with E-state index < -0.39 is 16.1 Å². The Labute approximate surface area is 241 Å². The van der Waals surface area contributed by atoms with E-state index in [-0.39, 0.29) is 24.4 Å². The lowest BCUT2D eigenvalue weighted by atomic mass is 9.84. The highest BCUT2D eigenvalue weighted by molar-refractivity contribution is 7.89. The maximum absolute atomic E-state index is 13.7. The number of hydrogen-bond acceptors (Lipinski definition) is 9. The molecule has 0 spiro atoms. The molecule has 1 saturated heterocycles. The molecule has 10 nitrogen and oxygen atoms in total. The van der Waals surface area contributed by atoms with Crippen molar-refractivity contribution in [3.63, 3.8) is 0 Å². The Kier molecular flexibility index (Phi) is 10.4. The average molecular weight is 587 g/mol. The summed E-state index contributed by atoms with van der Waals surface area (Å²) in [4.78, 5) is 15.8. The number of morpholine rings is 1. The molecule has 4 rings (SSSR count). The van der Waals surface area contributed by atoms with Crippen molar-refractivity contribution in [3.05, 3.63) is 58.7 Å². The molecule has 0 atom stereocenters. The van der Waals surface area contributed by atoms with E-state index in [1.54, 1.807) is 64.9 Å². The van der Waals surface area contributed by atoms with Crippen LogP contribution in [0.25, 0.3) is 12.2 Å². The molecule has 0 unspecified atom stereocenters. The van der Waals surface area contributed by atoms with Gasteiger partial charge in [-0.05, 0) is 60.4 Å². The summed E-state index contributed by atoms with van der Waals surface area (Å²) in [5.74, 6) is 2.05. The molecule has 1 N–H and O–H groups in total. The Bertz CT molecular complexity index is 1320. The molecule has 1 saturated carbocycles. The summed E-state index contributed by atoms with van der Waals surface area (Å²) in [6.45, 7) is 3.06. The van der Waals surface area contributed by atoms with E-state index in [4.69, 9.17) is 23.7 Å². The molecule has 2 aromatic rings. The highest BCUT2D eigenvalue weighted by atomic mass is 32.2. The van der Waals surface area contributed by atoms with Crippen LogP contribution in [-0.4, -0.2) is 92.2 Å². The highest BCUT2D eigenvalue weighted by Crippen LogP contribution is 2.34.